The van der Waals surface area contributed by atoms with Crippen molar-refractivity contribution in [2.75, 3.05) is 26.1 Å². The van der Waals surface area contributed by atoms with Gasteiger partial charge in [0.15, 0.2) is 29.5 Å². The number of hydrogen-bond acceptors (Lipinski definition) is 7. The average molecular weight is 446 g/mol. The highest BCUT2D eigenvalue weighted by Crippen LogP contribution is 2.28. The molecule has 0 saturated heterocycles. The normalized spacial score (nSPS) is 10.6. The lowest BCUT2D eigenvalue weighted by atomic mass is 10.1. The molecule has 0 aliphatic carbocycles. The second kappa shape index (κ2) is 9.39. The molecular formula is C24H22N4O5. The van der Waals surface area contributed by atoms with Crippen LogP contribution in [-0.4, -0.2) is 47.1 Å². The minimum atomic E-state index is -0.341. The summed E-state index contributed by atoms with van der Waals surface area (Å²) in [6.07, 6.45) is 1.79. The maximum absolute atomic E-state index is 12.4. The van der Waals surface area contributed by atoms with Crippen LogP contribution in [0.15, 0.2) is 60.8 Å². The molecule has 168 valence electrons. The van der Waals surface area contributed by atoms with Gasteiger partial charge in [0.05, 0.1) is 26.1 Å². The van der Waals surface area contributed by atoms with E-state index in [2.05, 4.69) is 15.4 Å². The molecule has 0 unspecified atom stereocenters. The van der Waals surface area contributed by atoms with Crippen molar-refractivity contribution in [3.8, 4) is 28.6 Å². The number of Topliss-reactive ketones (excluding diaryl/α,β-unsaturated/α-hetero) is 1. The number of carbonyl (C=O) groups is 2. The average Bonchev–Trinajstić information content (AvgIpc) is 3.26. The molecule has 9 nitrogen and oxygen atoms in total. The molecule has 2 aromatic carbocycles. The molecule has 0 bridgehead atoms. The Labute approximate surface area is 189 Å². The molecule has 2 aromatic heterocycles. The summed E-state index contributed by atoms with van der Waals surface area (Å²) in [5, 5.41) is 7.12. The number of benzene rings is 2. The Bertz CT molecular complexity index is 1330. The number of hydrogen-bond donors (Lipinski definition) is 1. The first-order valence-corrected chi connectivity index (χ1v) is 10.1. The van der Waals surface area contributed by atoms with E-state index in [0.29, 0.717) is 40.0 Å². The van der Waals surface area contributed by atoms with Crippen LogP contribution in [0.3, 0.4) is 0 Å². The van der Waals surface area contributed by atoms with Gasteiger partial charge in [-0.15, -0.1) is 5.10 Å². The maximum Gasteiger partial charge on any atom is 0.262 e. The molecule has 0 aliphatic rings. The Kier molecular flexibility index (Phi) is 6.21. The summed E-state index contributed by atoms with van der Waals surface area (Å²) < 4.78 is 17.6. The van der Waals surface area contributed by atoms with Crippen LogP contribution >= 0.6 is 0 Å². The van der Waals surface area contributed by atoms with Gasteiger partial charge in [-0.25, -0.2) is 9.50 Å². The molecule has 33 heavy (non-hydrogen) atoms. The summed E-state index contributed by atoms with van der Waals surface area (Å²) in [4.78, 5) is 28.5. The number of anilines is 1. The number of ether oxygens (including phenoxy) is 3. The Morgan fingerprint density at radius 2 is 1.85 bits per heavy atom. The smallest absolute Gasteiger partial charge is 0.262 e. The highest BCUT2D eigenvalue weighted by Gasteiger charge is 2.12. The summed E-state index contributed by atoms with van der Waals surface area (Å²) in [7, 11) is 3.03. The van der Waals surface area contributed by atoms with Crippen molar-refractivity contribution in [3.63, 3.8) is 0 Å². The predicted molar refractivity (Wildman–Crippen MR) is 122 cm³/mol. The van der Waals surface area contributed by atoms with Crippen LogP contribution < -0.4 is 19.5 Å². The quantitative estimate of drug-likeness (QED) is 0.412. The number of carbonyl (C=O) groups excluding carboxylic acids is 2. The van der Waals surface area contributed by atoms with E-state index in [4.69, 9.17) is 14.2 Å². The zero-order valence-corrected chi connectivity index (χ0v) is 18.4. The summed E-state index contributed by atoms with van der Waals surface area (Å²) in [6, 6.07) is 15.7. The first-order chi connectivity index (χ1) is 16.0. The minimum Gasteiger partial charge on any atom is -0.493 e. The largest absolute Gasteiger partial charge is 0.493 e. The summed E-state index contributed by atoms with van der Waals surface area (Å²) in [5.74, 6) is 0.817. The van der Waals surface area contributed by atoms with Gasteiger partial charge >= 0.3 is 0 Å². The SMILES string of the molecule is COc1ccc2nc(-c3cccc(NC(=O)COc4ccc(C(C)=O)cc4OC)c3)cn2n1. The molecule has 4 aromatic rings. The standard InChI is InChI=1S/C24H22N4O5/c1-15(29)16-7-8-20(21(12-16)31-2)33-14-23(30)25-18-6-4-5-17(11-18)19-13-28-22(26-19)9-10-24(27-28)32-3/h4-13H,14H2,1-3H3,(H,25,30). The number of ketones is 1. The number of nitrogens with one attached hydrogen (secondary N) is 1. The monoisotopic (exact) mass is 446 g/mol. The fraction of sp³-hybridized carbons (Fsp3) is 0.167. The highest BCUT2D eigenvalue weighted by atomic mass is 16.5. The van der Waals surface area contributed by atoms with Gasteiger partial charge in [0.1, 0.15) is 0 Å². The number of nitrogens with zero attached hydrogens (tertiary/aromatic N) is 3. The van der Waals surface area contributed by atoms with Crippen LogP contribution in [0.5, 0.6) is 17.4 Å². The van der Waals surface area contributed by atoms with Crippen molar-refractivity contribution >= 4 is 23.0 Å². The van der Waals surface area contributed by atoms with E-state index in [0.717, 1.165) is 5.56 Å². The Balaban J connectivity index is 1.44. The second-order valence-corrected chi connectivity index (χ2v) is 7.14. The zero-order chi connectivity index (χ0) is 23.4. The van der Waals surface area contributed by atoms with Gasteiger partial charge in [-0.3, -0.25) is 9.59 Å². The van der Waals surface area contributed by atoms with Crippen LogP contribution in [0.25, 0.3) is 16.9 Å². The molecule has 4 rings (SSSR count). The molecule has 2 heterocycles. The predicted octanol–water partition coefficient (Wildman–Crippen LogP) is 3.63. The number of aromatic nitrogens is 3. The van der Waals surface area contributed by atoms with Crippen LogP contribution in [0.4, 0.5) is 5.69 Å². The zero-order valence-electron chi connectivity index (χ0n) is 18.4. The summed E-state index contributed by atoms with van der Waals surface area (Å²) >= 11 is 0. The topological polar surface area (TPSA) is 104 Å². The Morgan fingerprint density at radius 3 is 2.61 bits per heavy atom. The number of methoxy groups -OCH3 is 2. The van der Waals surface area contributed by atoms with Crippen LogP contribution in [0, 0.1) is 0 Å². The van der Waals surface area contributed by atoms with Crippen LogP contribution in [-0.2, 0) is 4.79 Å². The number of rotatable bonds is 8. The van der Waals surface area contributed by atoms with Gasteiger partial charge < -0.3 is 19.5 Å². The van der Waals surface area contributed by atoms with Crippen molar-refractivity contribution in [2.24, 2.45) is 0 Å². The molecular weight excluding hydrogens is 424 g/mol. The minimum absolute atomic E-state index is 0.0852. The number of imidazole rings is 1. The van der Waals surface area contributed by atoms with Gasteiger partial charge in [0, 0.05) is 22.9 Å². The van der Waals surface area contributed by atoms with Crippen molar-refractivity contribution in [3.05, 3.63) is 66.4 Å². The molecule has 0 radical (unpaired) electrons. The number of amides is 1. The third-order valence-electron chi connectivity index (χ3n) is 4.88. The fourth-order valence-electron chi connectivity index (χ4n) is 3.21. The molecule has 0 atom stereocenters. The third kappa shape index (κ3) is 4.93. The molecule has 1 N–H and O–H groups in total. The van der Waals surface area contributed by atoms with Crippen molar-refractivity contribution in [1.82, 2.24) is 14.6 Å². The molecule has 0 fully saturated rings. The molecule has 0 spiro atoms. The first-order valence-electron chi connectivity index (χ1n) is 10.1. The van der Waals surface area contributed by atoms with E-state index in [-0.39, 0.29) is 18.3 Å². The van der Waals surface area contributed by atoms with Gasteiger partial charge in [-0.2, -0.15) is 0 Å². The summed E-state index contributed by atoms with van der Waals surface area (Å²) in [5.41, 5.74) is 3.31. The van der Waals surface area contributed by atoms with Crippen LogP contribution in [0.2, 0.25) is 0 Å². The third-order valence-corrected chi connectivity index (χ3v) is 4.88. The van der Waals surface area contributed by atoms with E-state index in [1.807, 2.05) is 24.3 Å². The molecule has 0 aliphatic heterocycles. The Hall–Kier alpha value is -4.40. The van der Waals surface area contributed by atoms with E-state index in [9.17, 15) is 9.59 Å². The molecule has 9 heteroatoms. The van der Waals surface area contributed by atoms with E-state index >= 15 is 0 Å². The lowest BCUT2D eigenvalue weighted by Gasteiger charge is -2.12. The maximum atomic E-state index is 12.4. The highest BCUT2D eigenvalue weighted by molar-refractivity contribution is 5.95. The van der Waals surface area contributed by atoms with E-state index in [1.54, 1.807) is 48.2 Å². The second-order valence-electron chi connectivity index (χ2n) is 7.14. The van der Waals surface area contributed by atoms with Crippen molar-refractivity contribution < 1.29 is 23.8 Å². The number of fused-ring (bicyclic) bond motifs is 1. The van der Waals surface area contributed by atoms with E-state index < -0.39 is 0 Å². The molecule has 1 amide bonds. The van der Waals surface area contributed by atoms with E-state index in [1.165, 1.54) is 14.0 Å². The summed E-state index contributed by atoms with van der Waals surface area (Å²) in [6.45, 7) is 1.24. The van der Waals surface area contributed by atoms with Crippen molar-refractivity contribution in [2.45, 2.75) is 6.92 Å². The van der Waals surface area contributed by atoms with Gasteiger partial charge in [-0.05, 0) is 43.3 Å². The lowest BCUT2D eigenvalue weighted by Crippen LogP contribution is -2.20. The van der Waals surface area contributed by atoms with Gasteiger partial charge in [0.25, 0.3) is 5.91 Å². The molecule has 0 saturated carbocycles. The lowest BCUT2D eigenvalue weighted by molar-refractivity contribution is -0.118. The van der Waals surface area contributed by atoms with Crippen molar-refractivity contribution in [1.29, 1.82) is 0 Å². The van der Waals surface area contributed by atoms with Gasteiger partial charge in [0.2, 0.25) is 5.88 Å². The van der Waals surface area contributed by atoms with Gasteiger partial charge in [-0.1, -0.05) is 12.1 Å². The Morgan fingerprint density at radius 1 is 1.00 bits per heavy atom. The van der Waals surface area contributed by atoms with Crippen LogP contribution in [0.1, 0.15) is 17.3 Å². The first kappa shape index (κ1) is 21.8. The fourth-order valence-corrected chi connectivity index (χ4v) is 3.21.